The number of rotatable bonds is 13. The predicted octanol–water partition coefficient (Wildman–Crippen LogP) is 7.50. The zero-order chi connectivity index (χ0) is 35.2. The summed E-state index contributed by atoms with van der Waals surface area (Å²) in [5.74, 6) is -0.0268. The van der Waals surface area contributed by atoms with E-state index < -0.39 is 17.9 Å². The minimum Gasteiger partial charge on any atom is -0.497 e. The number of piperidine rings is 1. The van der Waals surface area contributed by atoms with Crippen LogP contribution in [0, 0.1) is 6.92 Å². The van der Waals surface area contributed by atoms with E-state index in [4.69, 9.17) is 25.8 Å². The van der Waals surface area contributed by atoms with E-state index in [1.165, 1.54) is 50.0 Å². The number of carbonyl (C=O) groups excluding carboxylic acids is 3. The van der Waals surface area contributed by atoms with Crippen molar-refractivity contribution in [3.63, 3.8) is 0 Å². The molecule has 9 nitrogen and oxygen atoms in total. The third-order valence-corrected chi connectivity index (χ3v) is 8.91. The fourth-order valence-corrected chi connectivity index (χ4v) is 6.09. The first-order chi connectivity index (χ1) is 23.7. The SMILES string of the molecule is CCC(C(=O)OC(=O)c1ccc(Cl)cc1)c1c(C)[nH]c2ccc(OC)cc12.O=C(CS)NCCCOc1cccc(CN2CCCCC2)c1. The summed E-state index contributed by atoms with van der Waals surface area (Å²) in [6.45, 7) is 8.45. The van der Waals surface area contributed by atoms with E-state index in [1.807, 2.05) is 38.1 Å². The van der Waals surface area contributed by atoms with Crippen molar-refractivity contribution < 1.29 is 28.6 Å². The summed E-state index contributed by atoms with van der Waals surface area (Å²) in [7, 11) is 1.59. The molecule has 1 saturated heterocycles. The summed E-state index contributed by atoms with van der Waals surface area (Å²) in [5, 5.41) is 4.17. The summed E-state index contributed by atoms with van der Waals surface area (Å²) in [6.07, 6.45) is 5.29. The Balaban J connectivity index is 0.000000226. The lowest BCUT2D eigenvalue weighted by molar-refractivity contribution is -0.139. The Bertz CT molecular complexity index is 1690. The standard InChI is InChI=1S/C21H20ClNO4.C17H26N2O2S/c1-4-16(21(25)27-20(24)13-5-7-14(22)8-6-13)19-12(2)23-18-10-9-15(26-3)11-17(18)19;20-17(14-22)18-8-5-11-21-16-7-4-6-15(12-16)13-19-9-2-1-3-10-19/h5-11,16,23H,4H2,1-3H3;4,6-7,12,22H,1-3,5,8-11,13-14H2,(H,18,20). The van der Waals surface area contributed by atoms with Gasteiger partial charge in [-0.25, -0.2) is 4.79 Å². The minimum absolute atomic E-state index is 0.0353. The van der Waals surface area contributed by atoms with E-state index in [0.717, 1.165) is 40.9 Å². The van der Waals surface area contributed by atoms with Crippen LogP contribution in [0.1, 0.15) is 72.1 Å². The van der Waals surface area contributed by atoms with E-state index in [-0.39, 0.29) is 17.2 Å². The summed E-state index contributed by atoms with van der Waals surface area (Å²) in [4.78, 5) is 41.9. The number of methoxy groups -OCH3 is 1. The van der Waals surface area contributed by atoms with Crippen LogP contribution in [0.25, 0.3) is 10.9 Å². The Morgan fingerprint density at radius 3 is 2.45 bits per heavy atom. The molecule has 11 heteroatoms. The van der Waals surface area contributed by atoms with Gasteiger partial charge in [0.15, 0.2) is 0 Å². The van der Waals surface area contributed by atoms with Gasteiger partial charge in [0.1, 0.15) is 11.5 Å². The van der Waals surface area contributed by atoms with E-state index in [1.54, 1.807) is 19.2 Å². The number of amides is 1. The number of likely N-dealkylation sites (tertiary alicyclic amines) is 1. The Hall–Kier alpha value is -3.99. The number of H-pyrrole nitrogens is 1. The number of fused-ring (bicyclic) bond motifs is 1. The molecule has 1 aliphatic heterocycles. The maximum atomic E-state index is 12.8. The lowest BCUT2D eigenvalue weighted by Crippen LogP contribution is -2.29. The molecule has 0 aliphatic carbocycles. The maximum absolute atomic E-state index is 12.8. The highest BCUT2D eigenvalue weighted by Crippen LogP contribution is 2.34. The van der Waals surface area contributed by atoms with Crippen LogP contribution in [-0.4, -0.2) is 66.8 Å². The summed E-state index contributed by atoms with van der Waals surface area (Å²) >= 11 is 9.74. The number of aryl methyl sites for hydroxylation is 1. The highest BCUT2D eigenvalue weighted by Gasteiger charge is 2.28. The predicted molar refractivity (Wildman–Crippen MR) is 197 cm³/mol. The topological polar surface area (TPSA) is 110 Å². The van der Waals surface area contributed by atoms with E-state index in [9.17, 15) is 14.4 Å². The number of esters is 2. The number of aromatic nitrogens is 1. The largest absolute Gasteiger partial charge is 0.497 e. The van der Waals surface area contributed by atoms with Crippen molar-refractivity contribution in [3.8, 4) is 11.5 Å². The molecule has 0 radical (unpaired) electrons. The first-order valence-corrected chi connectivity index (χ1v) is 17.7. The zero-order valence-electron chi connectivity index (χ0n) is 28.4. The maximum Gasteiger partial charge on any atom is 0.345 e. The van der Waals surface area contributed by atoms with Crippen molar-refractivity contribution in [2.45, 2.75) is 58.4 Å². The van der Waals surface area contributed by atoms with Gasteiger partial charge in [-0.3, -0.25) is 14.5 Å². The molecule has 1 aromatic heterocycles. The fraction of sp³-hybridized carbons (Fsp3) is 0.395. The van der Waals surface area contributed by atoms with Gasteiger partial charge in [-0.05, 0) is 111 Å². The van der Waals surface area contributed by atoms with Crippen LogP contribution in [0.3, 0.4) is 0 Å². The van der Waals surface area contributed by atoms with Gasteiger partial charge in [-0.1, -0.05) is 37.1 Å². The number of ether oxygens (including phenoxy) is 3. The van der Waals surface area contributed by atoms with Crippen LogP contribution in [0.15, 0.2) is 66.7 Å². The second-order valence-corrected chi connectivity index (χ2v) is 12.7. The van der Waals surface area contributed by atoms with Crippen molar-refractivity contribution in [3.05, 3.63) is 94.1 Å². The average Bonchev–Trinajstić information content (AvgIpc) is 3.43. The van der Waals surface area contributed by atoms with Gasteiger partial charge >= 0.3 is 11.9 Å². The summed E-state index contributed by atoms with van der Waals surface area (Å²) in [5.41, 5.74) is 4.17. The molecule has 1 aliphatic rings. The van der Waals surface area contributed by atoms with Crippen molar-refractivity contribution in [2.75, 3.05) is 39.1 Å². The molecule has 2 heterocycles. The quantitative estimate of drug-likeness (QED) is 0.0571. The molecule has 1 atom stereocenters. The monoisotopic (exact) mass is 707 g/mol. The second-order valence-electron chi connectivity index (χ2n) is 11.9. The normalized spacial score (nSPS) is 13.6. The lowest BCUT2D eigenvalue weighted by atomic mass is 9.93. The number of benzene rings is 3. The summed E-state index contributed by atoms with van der Waals surface area (Å²) in [6, 6.07) is 20.2. The van der Waals surface area contributed by atoms with Crippen molar-refractivity contribution in [2.24, 2.45) is 0 Å². The Kier molecular flexibility index (Phi) is 14.9. The number of carbonyl (C=O) groups is 3. The van der Waals surface area contributed by atoms with Gasteiger partial charge < -0.3 is 24.5 Å². The molecule has 1 unspecified atom stereocenters. The second kappa shape index (κ2) is 19.3. The van der Waals surface area contributed by atoms with Crippen molar-refractivity contribution in [1.29, 1.82) is 0 Å². The van der Waals surface area contributed by atoms with Gasteiger partial charge in [0.2, 0.25) is 5.91 Å². The number of hydrogen-bond acceptors (Lipinski definition) is 8. The molecule has 49 heavy (non-hydrogen) atoms. The van der Waals surface area contributed by atoms with Crippen molar-refractivity contribution >= 4 is 53.0 Å². The summed E-state index contributed by atoms with van der Waals surface area (Å²) < 4.78 is 16.2. The number of hydrogen-bond donors (Lipinski definition) is 3. The van der Waals surface area contributed by atoms with Gasteiger partial charge in [0, 0.05) is 34.7 Å². The third kappa shape index (κ3) is 11.3. The molecular weight excluding hydrogens is 662 g/mol. The highest BCUT2D eigenvalue weighted by atomic mass is 35.5. The Morgan fingerprint density at radius 2 is 1.76 bits per heavy atom. The van der Waals surface area contributed by atoms with E-state index in [0.29, 0.717) is 30.3 Å². The third-order valence-electron chi connectivity index (χ3n) is 8.37. The molecule has 5 rings (SSSR count). The van der Waals surface area contributed by atoms with Crippen LogP contribution >= 0.6 is 24.2 Å². The molecular formula is C38H46ClN3O6S. The van der Waals surface area contributed by atoms with Crippen LogP contribution in [-0.2, 0) is 20.9 Å². The molecule has 0 bridgehead atoms. The lowest BCUT2D eigenvalue weighted by Gasteiger charge is -2.26. The van der Waals surface area contributed by atoms with Gasteiger partial charge in [-0.2, -0.15) is 12.6 Å². The number of nitrogens with zero attached hydrogens (tertiary/aromatic N) is 1. The number of nitrogens with one attached hydrogen (secondary N) is 2. The van der Waals surface area contributed by atoms with Gasteiger partial charge in [0.05, 0.1) is 31.0 Å². The zero-order valence-corrected chi connectivity index (χ0v) is 30.1. The first kappa shape index (κ1) is 37.8. The fourth-order valence-electron chi connectivity index (χ4n) is 5.85. The molecule has 3 aromatic carbocycles. The Labute approximate surface area is 299 Å². The van der Waals surface area contributed by atoms with Gasteiger partial charge in [0.25, 0.3) is 0 Å². The van der Waals surface area contributed by atoms with Crippen LogP contribution in [0.4, 0.5) is 0 Å². The molecule has 0 spiro atoms. The minimum atomic E-state index is -0.690. The smallest absolute Gasteiger partial charge is 0.345 e. The Morgan fingerprint density at radius 1 is 1.00 bits per heavy atom. The first-order valence-electron chi connectivity index (χ1n) is 16.7. The van der Waals surface area contributed by atoms with Crippen LogP contribution in [0.5, 0.6) is 11.5 Å². The highest BCUT2D eigenvalue weighted by molar-refractivity contribution is 7.81. The van der Waals surface area contributed by atoms with Crippen LogP contribution in [0.2, 0.25) is 5.02 Å². The molecule has 1 fully saturated rings. The molecule has 2 N–H and O–H groups in total. The van der Waals surface area contributed by atoms with Crippen LogP contribution < -0.4 is 14.8 Å². The molecule has 4 aromatic rings. The number of halogens is 1. The van der Waals surface area contributed by atoms with Crippen molar-refractivity contribution in [1.82, 2.24) is 15.2 Å². The molecule has 262 valence electrons. The van der Waals surface area contributed by atoms with Gasteiger partial charge in [-0.15, -0.1) is 0 Å². The average molecular weight is 708 g/mol. The molecule has 1 amide bonds. The van der Waals surface area contributed by atoms with E-state index >= 15 is 0 Å². The number of aromatic amines is 1. The van der Waals surface area contributed by atoms with E-state index in [2.05, 4.69) is 46.0 Å². The molecule has 0 saturated carbocycles. The number of thiol groups is 1.